The van der Waals surface area contributed by atoms with E-state index < -0.39 is 0 Å². The quantitative estimate of drug-likeness (QED) is 0.935. The van der Waals surface area contributed by atoms with Crippen LogP contribution in [0.25, 0.3) is 10.2 Å². The van der Waals surface area contributed by atoms with E-state index in [1.54, 1.807) is 11.3 Å². The number of thiazole rings is 1. The van der Waals surface area contributed by atoms with Crippen molar-refractivity contribution < 1.29 is 4.79 Å². The lowest BCUT2D eigenvalue weighted by Gasteiger charge is -2.33. The third-order valence-corrected chi connectivity index (χ3v) is 4.71. The molecule has 2 heterocycles. The van der Waals surface area contributed by atoms with Gasteiger partial charge < -0.3 is 5.73 Å². The average molecular weight is 275 g/mol. The van der Waals surface area contributed by atoms with Crippen LogP contribution in [0.15, 0.2) is 24.3 Å². The first-order valence-corrected chi connectivity index (χ1v) is 7.43. The number of nitrogens with zero attached hydrogens (tertiary/aromatic N) is 2. The molecule has 1 aromatic heterocycles. The van der Waals surface area contributed by atoms with Crippen molar-refractivity contribution in [2.24, 2.45) is 5.73 Å². The van der Waals surface area contributed by atoms with E-state index in [0.717, 1.165) is 29.9 Å². The lowest BCUT2D eigenvalue weighted by Crippen LogP contribution is -2.39. The summed E-state index contributed by atoms with van der Waals surface area (Å²) in [6.07, 6.45) is 3.39. The van der Waals surface area contributed by atoms with Crippen LogP contribution in [0.3, 0.4) is 0 Å². The first kappa shape index (κ1) is 12.6. The molecule has 0 unspecified atom stereocenters. The highest BCUT2D eigenvalue weighted by Crippen LogP contribution is 2.35. The topological polar surface area (TPSA) is 59.2 Å². The van der Waals surface area contributed by atoms with Gasteiger partial charge in [0.25, 0.3) is 0 Å². The van der Waals surface area contributed by atoms with Crippen LogP contribution in [0.2, 0.25) is 0 Å². The summed E-state index contributed by atoms with van der Waals surface area (Å²) in [6.45, 7) is 1.27. The van der Waals surface area contributed by atoms with Gasteiger partial charge >= 0.3 is 0 Å². The Kier molecular flexibility index (Phi) is 3.48. The fourth-order valence-electron chi connectivity index (χ4n) is 2.69. The molecule has 100 valence electrons. The van der Waals surface area contributed by atoms with Crippen molar-refractivity contribution in [2.45, 2.75) is 25.3 Å². The number of amides is 1. The Morgan fingerprint density at radius 3 is 3.05 bits per heavy atom. The molecule has 0 bridgehead atoms. The first-order chi connectivity index (χ1) is 9.24. The van der Waals surface area contributed by atoms with E-state index in [9.17, 15) is 4.79 Å². The molecule has 19 heavy (non-hydrogen) atoms. The number of nitrogens with two attached hydrogens (primary N) is 1. The zero-order valence-electron chi connectivity index (χ0n) is 10.7. The number of carbonyl (C=O) groups is 1. The number of fused-ring (bicyclic) bond motifs is 1. The number of rotatable bonds is 3. The number of benzene rings is 1. The summed E-state index contributed by atoms with van der Waals surface area (Å²) >= 11 is 1.73. The van der Waals surface area contributed by atoms with Crippen molar-refractivity contribution in [3.05, 3.63) is 29.3 Å². The van der Waals surface area contributed by atoms with E-state index >= 15 is 0 Å². The van der Waals surface area contributed by atoms with E-state index in [1.807, 2.05) is 18.2 Å². The molecule has 4 nitrogen and oxygen atoms in total. The first-order valence-electron chi connectivity index (χ1n) is 6.62. The molecule has 1 atom stereocenters. The minimum absolute atomic E-state index is 0.249. The minimum atomic E-state index is -0.256. The van der Waals surface area contributed by atoms with Gasteiger partial charge in [-0.1, -0.05) is 18.6 Å². The molecular weight excluding hydrogens is 258 g/mol. The SMILES string of the molecule is NC(=O)CN1CCCC[C@H]1c1nc2ccccc2s1. The third-order valence-electron chi connectivity index (χ3n) is 3.57. The van der Waals surface area contributed by atoms with Crippen LogP contribution >= 0.6 is 11.3 Å². The summed E-state index contributed by atoms with van der Waals surface area (Å²) < 4.78 is 1.21. The van der Waals surface area contributed by atoms with Crippen LogP contribution in [-0.2, 0) is 4.79 Å². The number of hydrogen-bond acceptors (Lipinski definition) is 4. The number of hydrogen-bond donors (Lipinski definition) is 1. The van der Waals surface area contributed by atoms with Crippen molar-refractivity contribution in [3.8, 4) is 0 Å². The van der Waals surface area contributed by atoms with Gasteiger partial charge in [0.2, 0.25) is 5.91 Å². The molecular formula is C14H17N3OS. The summed E-state index contributed by atoms with van der Waals surface area (Å²) in [4.78, 5) is 18.1. The number of primary amides is 1. The van der Waals surface area contributed by atoms with Gasteiger partial charge in [0, 0.05) is 0 Å². The zero-order chi connectivity index (χ0) is 13.2. The van der Waals surface area contributed by atoms with E-state index in [1.165, 1.54) is 11.1 Å². The summed E-state index contributed by atoms with van der Waals surface area (Å²) in [5, 5.41) is 1.11. The molecule has 0 saturated carbocycles. The number of piperidine rings is 1. The van der Waals surface area contributed by atoms with Crippen molar-refractivity contribution in [3.63, 3.8) is 0 Å². The molecule has 2 aromatic rings. The lowest BCUT2D eigenvalue weighted by molar-refractivity contribution is -0.120. The van der Waals surface area contributed by atoms with Gasteiger partial charge in [-0.15, -0.1) is 11.3 Å². The maximum absolute atomic E-state index is 11.2. The highest BCUT2D eigenvalue weighted by Gasteiger charge is 2.27. The van der Waals surface area contributed by atoms with Gasteiger partial charge in [-0.05, 0) is 31.5 Å². The second-order valence-corrected chi connectivity index (χ2v) is 6.03. The predicted molar refractivity (Wildman–Crippen MR) is 77.0 cm³/mol. The maximum atomic E-state index is 11.2. The number of aromatic nitrogens is 1. The van der Waals surface area contributed by atoms with Gasteiger partial charge in [0.1, 0.15) is 5.01 Å². The van der Waals surface area contributed by atoms with Gasteiger partial charge in [-0.2, -0.15) is 0 Å². The molecule has 1 fully saturated rings. The van der Waals surface area contributed by atoms with Crippen molar-refractivity contribution in [2.75, 3.05) is 13.1 Å². The largest absolute Gasteiger partial charge is 0.369 e. The Balaban J connectivity index is 1.91. The summed E-state index contributed by atoms with van der Waals surface area (Å²) in [5.74, 6) is -0.256. The fourth-order valence-corrected chi connectivity index (χ4v) is 3.83. The molecule has 2 N–H and O–H groups in total. The monoisotopic (exact) mass is 275 g/mol. The van der Waals surface area contributed by atoms with E-state index in [2.05, 4.69) is 11.0 Å². The molecule has 1 saturated heterocycles. The van der Waals surface area contributed by atoms with Crippen LogP contribution in [0.4, 0.5) is 0 Å². The van der Waals surface area contributed by atoms with E-state index in [0.29, 0.717) is 6.54 Å². The van der Waals surface area contributed by atoms with Gasteiger partial charge in [0.15, 0.2) is 0 Å². The fraction of sp³-hybridized carbons (Fsp3) is 0.429. The van der Waals surface area contributed by atoms with E-state index in [-0.39, 0.29) is 11.9 Å². The molecule has 1 aromatic carbocycles. The van der Waals surface area contributed by atoms with Crippen LogP contribution in [0, 0.1) is 0 Å². The Labute approximate surface area is 116 Å². The van der Waals surface area contributed by atoms with Gasteiger partial charge in [0.05, 0.1) is 22.8 Å². The van der Waals surface area contributed by atoms with Crippen LogP contribution in [0.1, 0.15) is 30.3 Å². The summed E-state index contributed by atoms with van der Waals surface area (Å²) in [7, 11) is 0. The van der Waals surface area contributed by atoms with Crippen molar-refractivity contribution >= 4 is 27.5 Å². The minimum Gasteiger partial charge on any atom is -0.369 e. The second kappa shape index (κ2) is 5.27. The van der Waals surface area contributed by atoms with E-state index in [4.69, 9.17) is 10.7 Å². The number of carbonyl (C=O) groups excluding carboxylic acids is 1. The Bertz CT molecular complexity index is 562. The van der Waals surface area contributed by atoms with Crippen molar-refractivity contribution in [1.82, 2.24) is 9.88 Å². The maximum Gasteiger partial charge on any atom is 0.231 e. The third kappa shape index (κ3) is 2.62. The summed E-state index contributed by atoms with van der Waals surface area (Å²) in [5.41, 5.74) is 6.39. The number of likely N-dealkylation sites (tertiary alicyclic amines) is 1. The number of para-hydroxylation sites is 1. The molecule has 0 radical (unpaired) electrons. The molecule has 5 heteroatoms. The Hall–Kier alpha value is -1.46. The van der Waals surface area contributed by atoms with Crippen LogP contribution in [0.5, 0.6) is 0 Å². The van der Waals surface area contributed by atoms with Gasteiger partial charge in [-0.25, -0.2) is 4.98 Å². The van der Waals surface area contributed by atoms with Gasteiger partial charge in [-0.3, -0.25) is 9.69 Å². The highest BCUT2D eigenvalue weighted by atomic mass is 32.1. The van der Waals surface area contributed by atoms with Crippen LogP contribution in [-0.4, -0.2) is 28.9 Å². The summed E-state index contributed by atoms with van der Waals surface area (Å²) in [6, 6.07) is 8.42. The average Bonchev–Trinajstić information content (AvgIpc) is 2.82. The molecule has 1 aliphatic heterocycles. The molecule has 0 spiro atoms. The standard InChI is InChI=1S/C14H17N3OS/c15-13(18)9-17-8-4-3-6-11(17)14-16-10-5-1-2-7-12(10)19-14/h1-2,5,7,11H,3-4,6,8-9H2,(H2,15,18)/t11-/m0/s1. The molecule has 0 aliphatic carbocycles. The molecule has 3 rings (SSSR count). The molecule has 1 amide bonds. The lowest BCUT2D eigenvalue weighted by atomic mass is 10.0. The highest BCUT2D eigenvalue weighted by molar-refractivity contribution is 7.18. The molecule has 1 aliphatic rings. The smallest absolute Gasteiger partial charge is 0.231 e. The Morgan fingerprint density at radius 2 is 2.26 bits per heavy atom. The Morgan fingerprint density at radius 1 is 1.42 bits per heavy atom. The van der Waals surface area contributed by atoms with Crippen LogP contribution < -0.4 is 5.73 Å². The zero-order valence-corrected chi connectivity index (χ0v) is 11.5. The predicted octanol–water partition coefficient (Wildman–Crippen LogP) is 2.31. The normalized spacial score (nSPS) is 20.7. The van der Waals surface area contributed by atoms with Crippen molar-refractivity contribution in [1.29, 1.82) is 0 Å². The second-order valence-electron chi connectivity index (χ2n) is 4.97.